The second-order valence-corrected chi connectivity index (χ2v) is 2.56. The average molecular weight is 149 g/mol. The van der Waals surface area contributed by atoms with Gasteiger partial charge < -0.3 is 5.21 Å². The van der Waals surface area contributed by atoms with Gasteiger partial charge >= 0.3 is 0 Å². The fourth-order valence-electron chi connectivity index (χ4n) is 1.18. The Balaban J connectivity index is 2.81. The molecule has 0 aliphatic carbocycles. The molecule has 3 nitrogen and oxygen atoms in total. The molecule has 0 aromatic heterocycles. The molecule has 1 aliphatic heterocycles. The first-order valence-corrected chi connectivity index (χ1v) is 3.30. The highest BCUT2D eigenvalue weighted by Gasteiger charge is 2.11. The molecule has 0 atom stereocenters. The SMILES string of the molecule is [O-][N+]1(O)C=c2ccccc2=C1. The number of hydrogen-bond donors (Lipinski definition) is 1. The highest BCUT2D eigenvalue weighted by molar-refractivity contribution is 5.33. The minimum absolute atomic E-state index is 0.782. The number of quaternary nitrogens is 1. The van der Waals surface area contributed by atoms with Gasteiger partial charge in [-0.1, -0.05) is 12.1 Å². The molecule has 0 amide bonds. The van der Waals surface area contributed by atoms with Crippen LogP contribution in [0.5, 0.6) is 0 Å². The van der Waals surface area contributed by atoms with E-state index in [-0.39, 0.29) is 0 Å². The van der Waals surface area contributed by atoms with Crippen molar-refractivity contribution in [1.29, 1.82) is 0 Å². The van der Waals surface area contributed by atoms with Gasteiger partial charge in [-0.15, -0.1) is 0 Å². The lowest BCUT2D eigenvalue weighted by atomic mass is 10.3. The Kier molecular flexibility index (Phi) is 1.14. The lowest BCUT2D eigenvalue weighted by Gasteiger charge is -2.20. The maximum atomic E-state index is 10.9. The van der Waals surface area contributed by atoms with E-state index in [0.29, 0.717) is 0 Å². The molecule has 0 saturated carbocycles. The van der Waals surface area contributed by atoms with E-state index in [1.807, 2.05) is 12.1 Å². The molecule has 1 N–H and O–H groups in total. The van der Waals surface area contributed by atoms with Crippen LogP contribution < -0.4 is 10.4 Å². The molecule has 0 unspecified atom stereocenters. The molecule has 0 saturated heterocycles. The summed E-state index contributed by atoms with van der Waals surface area (Å²) in [6.07, 6.45) is 2.49. The molecule has 0 fully saturated rings. The predicted octanol–water partition coefficient (Wildman–Crippen LogP) is -0.120. The molecule has 0 bridgehead atoms. The number of fused-ring (bicyclic) bond motifs is 1. The molecule has 11 heavy (non-hydrogen) atoms. The van der Waals surface area contributed by atoms with Gasteiger partial charge in [0.1, 0.15) is 12.4 Å². The summed E-state index contributed by atoms with van der Waals surface area (Å²) in [4.78, 5) is -1.39. The Labute approximate surface area is 63.2 Å². The van der Waals surface area contributed by atoms with Crippen molar-refractivity contribution in [2.75, 3.05) is 0 Å². The van der Waals surface area contributed by atoms with E-state index >= 15 is 0 Å². The summed E-state index contributed by atoms with van der Waals surface area (Å²) < 4.78 is 0. The lowest BCUT2D eigenvalue weighted by molar-refractivity contribution is -0.931. The zero-order valence-electron chi connectivity index (χ0n) is 5.77. The maximum absolute atomic E-state index is 10.9. The Morgan fingerprint density at radius 1 is 1.09 bits per heavy atom. The standard InChI is InChI=1S/C8H7NO2/c10-9(11)5-7-3-1-2-4-8(7)6-9/h1-6,10H. The van der Waals surface area contributed by atoms with E-state index in [9.17, 15) is 5.21 Å². The first-order valence-electron chi connectivity index (χ1n) is 3.30. The number of rotatable bonds is 0. The molecular formula is C8H7NO2. The van der Waals surface area contributed by atoms with E-state index in [2.05, 4.69) is 0 Å². The zero-order valence-corrected chi connectivity index (χ0v) is 5.77. The zero-order chi connectivity index (χ0) is 7.90. The number of benzene rings is 1. The third-order valence-corrected chi connectivity index (χ3v) is 1.64. The second-order valence-electron chi connectivity index (χ2n) is 2.56. The summed E-state index contributed by atoms with van der Waals surface area (Å²) in [5.74, 6) is 0. The largest absolute Gasteiger partial charge is 0.589 e. The summed E-state index contributed by atoms with van der Waals surface area (Å²) in [5, 5.41) is 21.5. The molecule has 0 spiro atoms. The van der Waals surface area contributed by atoms with Crippen LogP contribution in [0.2, 0.25) is 0 Å². The first kappa shape index (κ1) is 6.54. The molecule has 2 rings (SSSR count). The summed E-state index contributed by atoms with van der Waals surface area (Å²) in [7, 11) is 0. The van der Waals surface area contributed by atoms with Crippen molar-refractivity contribution in [2.24, 2.45) is 0 Å². The van der Waals surface area contributed by atoms with Gasteiger partial charge in [0.05, 0.1) is 0 Å². The van der Waals surface area contributed by atoms with Crippen LogP contribution >= 0.6 is 0 Å². The van der Waals surface area contributed by atoms with Gasteiger partial charge in [-0.25, -0.2) is 5.21 Å². The van der Waals surface area contributed by atoms with Crippen LogP contribution in [0.3, 0.4) is 0 Å². The normalized spacial score (nSPS) is 18.4. The predicted molar refractivity (Wildman–Crippen MR) is 40.0 cm³/mol. The maximum Gasteiger partial charge on any atom is 0.142 e. The van der Waals surface area contributed by atoms with Crippen molar-refractivity contribution < 1.29 is 10.0 Å². The molecule has 1 heterocycles. The summed E-state index contributed by atoms with van der Waals surface area (Å²) in [6.45, 7) is 0. The topological polar surface area (TPSA) is 43.3 Å². The van der Waals surface area contributed by atoms with Crippen molar-refractivity contribution in [2.45, 2.75) is 0 Å². The fraction of sp³-hybridized carbons (Fsp3) is 0. The molecule has 56 valence electrons. The molecule has 1 aromatic carbocycles. The van der Waals surface area contributed by atoms with Gasteiger partial charge in [0.15, 0.2) is 0 Å². The molecule has 3 heteroatoms. The third-order valence-electron chi connectivity index (χ3n) is 1.64. The van der Waals surface area contributed by atoms with Crippen molar-refractivity contribution >= 4 is 12.4 Å². The number of hydrogen-bond acceptors (Lipinski definition) is 2. The minimum atomic E-state index is -1.39. The van der Waals surface area contributed by atoms with Crippen LogP contribution in [0.4, 0.5) is 0 Å². The van der Waals surface area contributed by atoms with Crippen LogP contribution in [-0.4, -0.2) is 10.0 Å². The van der Waals surface area contributed by atoms with Gasteiger partial charge in [0, 0.05) is 10.4 Å². The number of hydroxylamine groups is 4. The molecular weight excluding hydrogens is 142 g/mol. The summed E-state index contributed by atoms with van der Waals surface area (Å²) in [6, 6.07) is 7.24. The second kappa shape index (κ2) is 1.92. The Morgan fingerprint density at radius 3 is 2.00 bits per heavy atom. The van der Waals surface area contributed by atoms with E-state index in [4.69, 9.17) is 5.21 Å². The highest BCUT2D eigenvalue weighted by atomic mass is 16.8. The smallest absolute Gasteiger partial charge is 0.142 e. The van der Waals surface area contributed by atoms with Gasteiger partial charge in [-0.2, -0.15) is 4.81 Å². The highest BCUT2D eigenvalue weighted by Crippen LogP contribution is 2.02. The average Bonchev–Trinajstić information content (AvgIpc) is 2.21. The van der Waals surface area contributed by atoms with Crippen LogP contribution in [0.25, 0.3) is 12.4 Å². The lowest BCUT2D eigenvalue weighted by Crippen LogP contribution is -2.21. The fourth-order valence-corrected chi connectivity index (χ4v) is 1.18. The van der Waals surface area contributed by atoms with Gasteiger partial charge in [0.25, 0.3) is 0 Å². The molecule has 1 aromatic rings. The minimum Gasteiger partial charge on any atom is -0.589 e. The Bertz CT molecular complexity index is 358. The van der Waals surface area contributed by atoms with Gasteiger partial charge in [-0.3, -0.25) is 0 Å². The van der Waals surface area contributed by atoms with Crippen LogP contribution in [0, 0.1) is 5.21 Å². The van der Waals surface area contributed by atoms with Gasteiger partial charge in [0.2, 0.25) is 0 Å². The Hall–Kier alpha value is -1.16. The van der Waals surface area contributed by atoms with E-state index in [0.717, 1.165) is 10.4 Å². The van der Waals surface area contributed by atoms with Crippen molar-refractivity contribution in [1.82, 2.24) is 0 Å². The van der Waals surface area contributed by atoms with Crippen molar-refractivity contribution in [3.63, 3.8) is 0 Å². The van der Waals surface area contributed by atoms with E-state index < -0.39 is 4.81 Å². The molecule has 1 aliphatic rings. The summed E-state index contributed by atoms with van der Waals surface area (Å²) >= 11 is 0. The van der Waals surface area contributed by atoms with Gasteiger partial charge in [-0.05, 0) is 12.1 Å². The van der Waals surface area contributed by atoms with Crippen LogP contribution in [-0.2, 0) is 0 Å². The first-order chi connectivity index (χ1) is 5.17. The van der Waals surface area contributed by atoms with Crippen LogP contribution in [0.15, 0.2) is 24.3 Å². The number of nitrogens with zero attached hydrogens (tertiary/aromatic N) is 1. The Morgan fingerprint density at radius 2 is 1.55 bits per heavy atom. The monoisotopic (exact) mass is 149 g/mol. The molecule has 0 radical (unpaired) electrons. The van der Waals surface area contributed by atoms with Crippen molar-refractivity contribution in [3.05, 3.63) is 39.9 Å². The van der Waals surface area contributed by atoms with Crippen LogP contribution in [0.1, 0.15) is 0 Å². The quantitative estimate of drug-likeness (QED) is 0.413. The van der Waals surface area contributed by atoms with E-state index in [1.165, 1.54) is 12.4 Å². The summed E-state index contributed by atoms with van der Waals surface area (Å²) in [5.41, 5.74) is 0. The third kappa shape index (κ3) is 1.05. The van der Waals surface area contributed by atoms with Crippen molar-refractivity contribution in [3.8, 4) is 0 Å². The van der Waals surface area contributed by atoms with E-state index in [1.54, 1.807) is 12.1 Å².